The van der Waals surface area contributed by atoms with Crippen LogP contribution in [0.5, 0.6) is 0 Å². The first-order chi connectivity index (χ1) is 10.1. The van der Waals surface area contributed by atoms with Crippen LogP contribution >= 0.6 is 50.7 Å². The molecule has 6 heteroatoms. The van der Waals surface area contributed by atoms with Crippen LogP contribution in [0.25, 0.3) is 6.08 Å². The number of rotatable bonds is 4. The van der Waals surface area contributed by atoms with Crippen LogP contribution in [0.4, 0.5) is 5.69 Å². The minimum absolute atomic E-state index is 0.410. The average molecular weight is 405 g/mol. The third kappa shape index (κ3) is 5.04. The van der Waals surface area contributed by atoms with Gasteiger partial charge < -0.3 is 0 Å². The maximum atomic E-state index is 6.05. The van der Waals surface area contributed by atoms with Crippen molar-refractivity contribution in [2.24, 2.45) is 5.10 Å². The number of benzene rings is 2. The second-order valence-electron chi connectivity index (χ2n) is 4.05. The molecule has 0 aliphatic heterocycles. The highest BCUT2D eigenvalue weighted by Gasteiger charge is 2.06. The lowest BCUT2D eigenvalue weighted by molar-refractivity contribution is 1.35. The predicted octanol–water partition coefficient (Wildman–Crippen LogP) is 6.48. The van der Waals surface area contributed by atoms with Crippen LogP contribution < -0.4 is 5.43 Å². The van der Waals surface area contributed by atoms with Crippen LogP contribution in [0.3, 0.4) is 0 Å². The second-order valence-corrected chi connectivity index (χ2v) is 6.22. The Hall–Kier alpha value is -1.00. The first-order valence-electron chi connectivity index (χ1n) is 5.92. The molecule has 0 saturated carbocycles. The lowest BCUT2D eigenvalue weighted by Gasteiger charge is -2.06. The van der Waals surface area contributed by atoms with Gasteiger partial charge >= 0.3 is 0 Å². The van der Waals surface area contributed by atoms with E-state index in [2.05, 4.69) is 26.5 Å². The van der Waals surface area contributed by atoms with Crippen molar-refractivity contribution >= 4 is 68.7 Å². The van der Waals surface area contributed by atoms with Gasteiger partial charge in [0.15, 0.2) is 0 Å². The van der Waals surface area contributed by atoms with Gasteiger partial charge in [-0.15, -0.1) is 0 Å². The van der Waals surface area contributed by atoms with Crippen molar-refractivity contribution in [3.8, 4) is 0 Å². The summed E-state index contributed by atoms with van der Waals surface area (Å²) >= 11 is 21.4. The smallest absolute Gasteiger partial charge is 0.0935 e. The summed E-state index contributed by atoms with van der Waals surface area (Å²) in [6.07, 6.45) is 3.56. The summed E-state index contributed by atoms with van der Waals surface area (Å²) < 4.78 is 0.808. The van der Waals surface area contributed by atoms with E-state index in [1.807, 2.05) is 36.4 Å². The SMILES string of the molecule is Clc1cc(Cl)c(N/N=C/C(Br)=C/c2ccccc2)c(Cl)c1. The van der Waals surface area contributed by atoms with Crippen molar-refractivity contribution in [1.82, 2.24) is 0 Å². The maximum absolute atomic E-state index is 6.05. The lowest BCUT2D eigenvalue weighted by Crippen LogP contribution is -1.92. The normalized spacial score (nSPS) is 11.9. The van der Waals surface area contributed by atoms with Gasteiger partial charge in [-0.2, -0.15) is 5.10 Å². The molecule has 1 N–H and O–H groups in total. The molecule has 21 heavy (non-hydrogen) atoms. The van der Waals surface area contributed by atoms with Crippen molar-refractivity contribution in [2.45, 2.75) is 0 Å². The fraction of sp³-hybridized carbons (Fsp3) is 0. The minimum Gasteiger partial charge on any atom is -0.275 e. The molecular weight excluding hydrogens is 394 g/mol. The summed E-state index contributed by atoms with van der Waals surface area (Å²) in [7, 11) is 0. The van der Waals surface area contributed by atoms with Gasteiger partial charge in [-0.25, -0.2) is 0 Å². The zero-order valence-electron chi connectivity index (χ0n) is 10.7. The van der Waals surface area contributed by atoms with Crippen molar-refractivity contribution < 1.29 is 0 Å². The molecule has 0 saturated heterocycles. The van der Waals surface area contributed by atoms with Crippen LogP contribution in [0.2, 0.25) is 15.1 Å². The molecule has 0 atom stereocenters. The Morgan fingerprint density at radius 1 is 1.05 bits per heavy atom. The molecule has 0 bridgehead atoms. The molecule has 0 spiro atoms. The molecule has 0 unspecified atom stereocenters. The first-order valence-corrected chi connectivity index (χ1v) is 7.85. The molecule has 0 aliphatic rings. The summed E-state index contributed by atoms with van der Waals surface area (Å²) in [6.45, 7) is 0. The number of hydrogen-bond donors (Lipinski definition) is 1. The Morgan fingerprint density at radius 2 is 1.67 bits per heavy atom. The summed E-state index contributed by atoms with van der Waals surface area (Å²) in [4.78, 5) is 0. The van der Waals surface area contributed by atoms with E-state index < -0.39 is 0 Å². The molecule has 2 rings (SSSR count). The molecular formula is C15H10BrCl3N2. The molecule has 108 valence electrons. The number of anilines is 1. The van der Waals surface area contributed by atoms with Crippen LogP contribution in [0, 0.1) is 0 Å². The Labute approximate surface area is 146 Å². The molecule has 0 amide bonds. The molecule has 0 radical (unpaired) electrons. The van der Waals surface area contributed by atoms with Gasteiger partial charge in [-0.05, 0) is 39.7 Å². The Balaban J connectivity index is 2.08. The third-order valence-electron chi connectivity index (χ3n) is 2.48. The third-order valence-corrected chi connectivity index (χ3v) is 3.72. The summed E-state index contributed by atoms with van der Waals surface area (Å²) in [5, 5.41) is 5.38. The second kappa shape index (κ2) is 7.85. The number of hydrazone groups is 1. The van der Waals surface area contributed by atoms with Gasteiger partial charge in [0, 0.05) is 9.51 Å². The highest BCUT2D eigenvalue weighted by molar-refractivity contribution is 9.12. The van der Waals surface area contributed by atoms with E-state index in [0.717, 1.165) is 10.0 Å². The average Bonchev–Trinajstić information content (AvgIpc) is 2.42. The van der Waals surface area contributed by atoms with Gasteiger partial charge in [0.2, 0.25) is 0 Å². The van der Waals surface area contributed by atoms with E-state index in [-0.39, 0.29) is 0 Å². The summed E-state index contributed by atoms with van der Waals surface area (Å²) in [5.74, 6) is 0. The van der Waals surface area contributed by atoms with Crippen molar-refractivity contribution in [1.29, 1.82) is 0 Å². The van der Waals surface area contributed by atoms with Crippen molar-refractivity contribution in [3.05, 3.63) is 67.6 Å². The monoisotopic (exact) mass is 402 g/mol. The zero-order valence-corrected chi connectivity index (χ0v) is 14.5. The molecule has 2 nitrogen and oxygen atoms in total. The Morgan fingerprint density at radius 3 is 2.29 bits per heavy atom. The zero-order chi connectivity index (χ0) is 15.2. The molecule has 0 fully saturated rings. The van der Waals surface area contributed by atoms with Crippen LogP contribution in [-0.2, 0) is 0 Å². The van der Waals surface area contributed by atoms with E-state index in [1.54, 1.807) is 18.3 Å². The molecule has 0 aromatic heterocycles. The van der Waals surface area contributed by atoms with Crippen LogP contribution in [0.1, 0.15) is 5.56 Å². The van der Waals surface area contributed by atoms with Gasteiger partial charge in [0.1, 0.15) is 0 Å². The summed E-state index contributed by atoms with van der Waals surface area (Å²) in [5.41, 5.74) is 4.38. The number of allylic oxidation sites excluding steroid dienone is 1. The predicted molar refractivity (Wildman–Crippen MR) is 96.9 cm³/mol. The largest absolute Gasteiger partial charge is 0.275 e. The first kappa shape index (κ1) is 16.4. The molecule has 2 aromatic carbocycles. The fourth-order valence-electron chi connectivity index (χ4n) is 1.55. The number of halogens is 4. The van der Waals surface area contributed by atoms with E-state index in [9.17, 15) is 0 Å². The number of hydrogen-bond acceptors (Lipinski definition) is 2. The number of nitrogens with zero attached hydrogens (tertiary/aromatic N) is 1. The van der Waals surface area contributed by atoms with Gasteiger partial charge in [-0.3, -0.25) is 5.43 Å². The van der Waals surface area contributed by atoms with E-state index in [0.29, 0.717) is 20.8 Å². The van der Waals surface area contributed by atoms with E-state index >= 15 is 0 Å². The van der Waals surface area contributed by atoms with Crippen LogP contribution in [0.15, 0.2) is 52.0 Å². The van der Waals surface area contributed by atoms with Gasteiger partial charge in [-0.1, -0.05) is 65.1 Å². The standard InChI is InChI=1S/C15H10BrCl3N2/c16-11(6-10-4-2-1-3-5-10)9-20-21-15-13(18)7-12(17)8-14(15)19/h1-9,21H/b11-6-,20-9+. The Bertz CT molecular complexity index is 662. The molecule has 0 aliphatic carbocycles. The molecule has 0 heterocycles. The quantitative estimate of drug-likeness (QED) is 0.458. The van der Waals surface area contributed by atoms with Crippen LogP contribution in [-0.4, -0.2) is 6.21 Å². The highest BCUT2D eigenvalue weighted by atomic mass is 79.9. The van der Waals surface area contributed by atoms with Crippen molar-refractivity contribution in [2.75, 3.05) is 5.43 Å². The Kier molecular flexibility index (Phi) is 6.12. The van der Waals surface area contributed by atoms with Crippen molar-refractivity contribution in [3.63, 3.8) is 0 Å². The lowest BCUT2D eigenvalue weighted by atomic mass is 10.2. The highest BCUT2D eigenvalue weighted by Crippen LogP contribution is 2.33. The minimum atomic E-state index is 0.410. The van der Waals surface area contributed by atoms with Gasteiger partial charge in [0.25, 0.3) is 0 Å². The van der Waals surface area contributed by atoms with Gasteiger partial charge in [0.05, 0.1) is 21.9 Å². The maximum Gasteiger partial charge on any atom is 0.0935 e. The summed E-state index contributed by atoms with van der Waals surface area (Å²) in [6, 6.07) is 13.1. The fourth-order valence-corrected chi connectivity index (χ4v) is 2.82. The molecule has 2 aromatic rings. The van der Waals surface area contributed by atoms with E-state index in [1.165, 1.54) is 0 Å². The topological polar surface area (TPSA) is 24.4 Å². The number of nitrogens with one attached hydrogen (secondary N) is 1. The van der Waals surface area contributed by atoms with E-state index in [4.69, 9.17) is 34.8 Å².